The Balaban J connectivity index is 2.84. The number of nitrogens with two attached hydrogens (primary N) is 1. The highest BCUT2D eigenvalue weighted by molar-refractivity contribution is 5.86. The smallest absolute Gasteiger partial charge is 0.323 e. The van der Waals surface area contributed by atoms with Gasteiger partial charge < -0.3 is 20.5 Å². The maximum absolute atomic E-state index is 12.5. The summed E-state index contributed by atoms with van der Waals surface area (Å²) in [4.78, 5) is 24.5. The molecule has 6 nitrogen and oxygen atoms in total. The number of carboxylic acid groups (broad SMARTS) is 1. The summed E-state index contributed by atoms with van der Waals surface area (Å²) in [5.74, 6) is -1.25. The van der Waals surface area contributed by atoms with Crippen LogP contribution in [0.2, 0.25) is 0 Å². The highest BCUT2D eigenvalue weighted by atomic mass is 16.5. The van der Waals surface area contributed by atoms with Gasteiger partial charge in [0.25, 0.3) is 0 Å². The summed E-state index contributed by atoms with van der Waals surface area (Å²) in [6.45, 7) is 4.61. The van der Waals surface area contributed by atoms with Crippen molar-refractivity contribution in [3.63, 3.8) is 0 Å². The molecular formula is C12H20N2O4. The number of carbonyl (C=O) groups excluding carboxylic acids is 1. The van der Waals surface area contributed by atoms with Crippen molar-refractivity contribution in [3.05, 3.63) is 12.7 Å². The quantitative estimate of drug-likeness (QED) is 0.644. The Morgan fingerprint density at radius 2 is 2.06 bits per heavy atom. The van der Waals surface area contributed by atoms with Crippen LogP contribution in [-0.4, -0.2) is 54.7 Å². The molecule has 0 atom stereocenters. The second-order valence-electron chi connectivity index (χ2n) is 4.46. The average Bonchev–Trinajstić information content (AvgIpc) is 2.37. The topological polar surface area (TPSA) is 92.9 Å². The minimum atomic E-state index is -1.04. The van der Waals surface area contributed by atoms with Crippen molar-refractivity contribution in [2.45, 2.75) is 12.8 Å². The fourth-order valence-corrected chi connectivity index (χ4v) is 2.14. The Morgan fingerprint density at radius 3 is 2.50 bits per heavy atom. The molecule has 6 heteroatoms. The van der Waals surface area contributed by atoms with Crippen LogP contribution < -0.4 is 5.73 Å². The second-order valence-corrected chi connectivity index (χ2v) is 4.46. The highest BCUT2D eigenvalue weighted by Crippen LogP contribution is 2.31. The molecule has 1 saturated heterocycles. The Bertz CT molecular complexity index is 324. The maximum atomic E-state index is 12.5. The number of carboxylic acids is 1. The van der Waals surface area contributed by atoms with Gasteiger partial charge in [0.2, 0.25) is 5.91 Å². The van der Waals surface area contributed by atoms with Gasteiger partial charge in [-0.2, -0.15) is 0 Å². The second kappa shape index (κ2) is 6.51. The van der Waals surface area contributed by atoms with Gasteiger partial charge in [-0.3, -0.25) is 9.59 Å². The molecule has 1 fully saturated rings. The van der Waals surface area contributed by atoms with Crippen LogP contribution in [0, 0.1) is 5.41 Å². The van der Waals surface area contributed by atoms with E-state index < -0.39 is 11.4 Å². The number of nitrogens with zero attached hydrogens (tertiary/aromatic N) is 1. The Kier molecular flexibility index (Phi) is 5.30. The van der Waals surface area contributed by atoms with E-state index in [1.165, 1.54) is 11.0 Å². The molecule has 1 aliphatic heterocycles. The highest BCUT2D eigenvalue weighted by Gasteiger charge is 2.41. The summed E-state index contributed by atoms with van der Waals surface area (Å²) in [6.07, 6.45) is 2.59. The maximum Gasteiger partial charge on any atom is 0.323 e. The van der Waals surface area contributed by atoms with Crippen LogP contribution in [-0.2, 0) is 14.3 Å². The van der Waals surface area contributed by atoms with Crippen LogP contribution in [0.4, 0.5) is 0 Å². The third-order valence-electron chi connectivity index (χ3n) is 3.26. The SMILES string of the molecule is C=CCN(CC(=O)O)C(=O)C1(CN)CCOCC1. The fourth-order valence-electron chi connectivity index (χ4n) is 2.14. The van der Waals surface area contributed by atoms with Crippen molar-refractivity contribution in [1.82, 2.24) is 4.90 Å². The third kappa shape index (κ3) is 3.30. The van der Waals surface area contributed by atoms with Crippen molar-refractivity contribution >= 4 is 11.9 Å². The molecule has 3 N–H and O–H groups in total. The van der Waals surface area contributed by atoms with Crippen molar-refractivity contribution in [3.8, 4) is 0 Å². The number of hydrogen-bond acceptors (Lipinski definition) is 4. The van der Waals surface area contributed by atoms with Crippen molar-refractivity contribution in [1.29, 1.82) is 0 Å². The van der Waals surface area contributed by atoms with E-state index in [1.807, 2.05) is 0 Å². The van der Waals surface area contributed by atoms with E-state index in [0.29, 0.717) is 26.1 Å². The van der Waals surface area contributed by atoms with Crippen LogP contribution in [0.1, 0.15) is 12.8 Å². The lowest BCUT2D eigenvalue weighted by atomic mass is 9.79. The summed E-state index contributed by atoms with van der Waals surface area (Å²) in [5.41, 5.74) is 5.04. The Morgan fingerprint density at radius 1 is 1.44 bits per heavy atom. The lowest BCUT2D eigenvalue weighted by molar-refractivity contribution is -0.152. The number of hydrogen-bond donors (Lipinski definition) is 2. The molecule has 1 amide bonds. The van der Waals surface area contributed by atoms with Gasteiger partial charge in [-0.05, 0) is 12.8 Å². The first-order valence-electron chi connectivity index (χ1n) is 5.95. The zero-order valence-corrected chi connectivity index (χ0v) is 10.4. The molecule has 0 unspecified atom stereocenters. The lowest BCUT2D eigenvalue weighted by Gasteiger charge is -2.38. The summed E-state index contributed by atoms with van der Waals surface area (Å²) in [5, 5.41) is 8.83. The van der Waals surface area contributed by atoms with Crippen LogP contribution in [0.15, 0.2) is 12.7 Å². The van der Waals surface area contributed by atoms with E-state index in [9.17, 15) is 9.59 Å². The number of aliphatic carboxylic acids is 1. The van der Waals surface area contributed by atoms with Crippen LogP contribution >= 0.6 is 0 Å². The predicted octanol–water partition coefficient (Wildman–Crippen LogP) is -0.159. The van der Waals surface area contributed by atoms with Crippen LogP contribution in [0.5, 0.6) is 0 Å². The lowest BCUT2D eigenvalue weighted by Crippen LogP contribution is -2.52. The monoisotopic (exact) mass is 256 g/mol. The van der Waals surface area contributed by atoms with Crippen LogP contribution in [0.25, 0.3) is 0 Å². The summed E-state index contributed by atoms with van der Waals surface area (Å²) in [6, 6.07) is 0. The molecule has 1 heterocycles. The van der Waals surface area contributed by atoms with Crippen molar-refractivity contribution in [2.24, 2.45) is 11.1 Å². The van der Waals surface area contributed by atoms with E-state index in [-0.39, 0.29) is 25.5 Å². The first-order chi connectivity index (χ1) is 8.55. The van der Waals surface area contributed by atoms with Gasteiger partial charge in [0.05, 0.1) is 5.41 Å². The van der Waals surface area contributed by atoms with Crippen molar-refractivity contribution in [2.75, 3.05) is 32.8 Å². The van der Waals surface area contributed by atoms with Gasteiger partial charge in [-0.15, -0.1) is 6.58 Å². The first kappa shape index (κ1) is 14.7. The number of amides is 1. The van der Waals surface area contributed by atoms with Crippen molar-refractivity contribution < 1.29 is 19.4 Å². The molecule has 1 aliphatic rings. The minimum Gasteiger partial charge on any atom is -0.480 e. The first-order valence-corrected chi connectivity index (χ1v) is 5.95. The molecule has 18 heavy (non-hydrogen) atoms. The van der Waals surface area contributed by atoms with Gasteiger partial charge in [-0.25, -0.2) is 0 Å². The molecule has 102 valence electrons. The number of rotatable bonds is 6. The molecule has 0 radical (unpaired) electrons. The molecule has 0 bridgehead atoms. The molecule has 1 rings (SSSR count). The van der Waals surface area contributed by atoms with Crippen LogP contribution in [0.3, 0.4) is 0 Å². The molecule has 0 aromatic rings. The Hall–Kier alpha value is -1.40. The average molecular weight is 256 g/mol. The van der Waals surface area contributed by atoms with Gasteiger partial charge in [0.1, 0.15) is 6.54 Å². The van der Waals surface area contributed by atoms with E-state index >= 15 is 0 Å². The standard InChI is InChI=1S/C12H20N2O4/c1-2-5-14(8-10(15)16)11(17)12(9-13)3-6-18-7-4-12/h2H,1,3-9,13H2,(H,15,16). The zero-order valence-electron chi connectivity index (χ0n) is 10.4. The largest absolute Gasteiger partial charge is 0.480 e. The number of carbonyl (C=O) groups is 2. The molecule has 0 spiro atoms. The molecule has 0 saturated carbocycles. The minimum absolute atomic E-state index is 0.211. The Labute approximate surface area is 106 Å². The molecule has 0 aromatic heterocycles. The fraction of sp³-hybridized carbons (Fsp3) is 0.667. The van der Waals surface area contributed by atoms with Gasteiger partial charge in [0, 0.05) is 26.3 Å². The van der Waals surface area contributed by atoms with E-state index in [1.54, 1.807) is 0 Å². The third-order valence-corrected chi connectivity index (χ3v) is 3.26. The predicted molar refractivity (Wildman–Crippen MR) is 66.0 cm³/mol. The molecule has 0 aliphatic carbocycles. The zero-order chi connectivity index (χ0) is 13.6. The van der Waals surface area contributed by atoms with Gasteiger partial charge in [0.15, 0.2) is 0 Å². The van der Waals surface area contributed by atoms with E-state index in [4.69, 9.17) is 15.6 Å². The normalized spacial score (nSPS) is 18.1. The molecule has 0 aromatic carbocycles. The van der Waals surface area contributed by atoms with Gasteiger partial charge in [-0.1, -0.05) is 6.08 Å². The summed E-state index contributed by atoms with van der Waals surface area (Å²) in [7, 11) is 0. The summed E-state index contributed by atoms with van der Waals surface area (Å²) < 4.78 is 5.23. The summed E-state index contributed by atoms with van der Waals surface area (Å²) >= 11 is 0. The van der Waals surface area contributed by atoms with E-state index in [0.717, 1.165) is 0 Å². The van der Waals surface area contributed by atoms with Gasteiger partial charge >= 0.3 is 5.97 Å². The molecular weight excluding hydrogens is 236 g/mol. The number of ether oxygens (including phenoxy) is 1. The van der Waals surface area contributed by atoms with E-state index in [2.05, 4.69) is 6.58 Å².